The molecule has 1 aliphatic carbocycles. The molecule has 0 bridgehead atoms. The summed E-state index contributed by atoms with van der Waals surface area (Å²) in [6.07, 6.45) is 3.89. The fraction of sp³-hybridized carbons (Fsp3) is 0.909. The third-order valence-corrected chi connectivity index (χ3v) is 3.22. The van der Waals surface area contributed by atoms with Crippen LogP contribution < -0.4 is 5.32 Å². The van der Waals surface area contributed by atoms with Crippen molar-refractivity contribution in [2.24, 2.45) is 5.92 Å². The van der Waals surface area contributed by atoms with Gasteiger partial charge in [-0.05, 0) is 38.1 Å². The summed E-state index contributed by atoms with van der Waals surface area (Å²) in [5.41, 5.74) is 0. The smallest absolute Gasteiger partial charge is 0.236 e. The lowest BCUT2D eigenvalue weighted by Gasteiger charge is -2.29. The maximum Gasteiger partial charge on any atom is 0.236 e. The molecule has 0 atom stereocenters. The Kier molecular flexibility index (Phi) is 3.59. The highest BCUT2D eigenvalue weighted by atomic mass is 16.3. The Morgan fingerprint density at radius 1 is 1.27 bits per heavy atom. The minimum atomic E-state index is -0.200. The van der Waals surface area contributed by atoms with Crippen molar-refractivity contribution in [3.63, 3.8) is 0 Å². The molecule has 86 valence electrons. The first kappa shape index (κ1) is 10.9. The number of hydrogen-bond acceptors (Lipinski definition) is 3. The maximum atomic E-state index is 11.7. The van der Waals surface area contributed by atoms with Gasteiger partial charge in [-0.1, -0.05) is 0 Å². The minimum Gasteiger partial charge on any atom is -0.393 e. The van der Waals surface area contributed by atoms with Gasteiger partial charge < -0.3 is 15.3 Å². The number of carbonyl (C=O) groups is 1. The molecule has 0 aromatic carbocycles. The largest absolute Gasteiger partial charge is 0.393 e. The highest BCUT2D eigenvalue weighted by Crippen LogP contribution is 2.27. The van der Waals surface area contributed by atoms with Gasteiger partial charge >= 0.3 is 0 Å². The number of carbonyl (C=O) groups excluding carboxylic acids is 1. The quantitative estimate of drug-likeness (QED) is 0.688. The fourth-order valence-corrected chi connectivity index (χ4v) is 1.93. The molecule has 1 aliphatic heterocycles. The van der Waals surface area contributed by atoms with Gasteiger partial charge in [0.05, 0.1) is 12.6 Å². The van der Waals surface area contributed by atoms with Crippen molar-refractivity contribution >= 4 is 5.91 Å². The Labute approximate surface area is 90.6 Å². The zero-order chi connectivity index (χ0) is 10.7. The topological polar surface area (TPSA) is 52.6 Å². The summed E-state index contributed by atoms with van der Waals surface area (Å²) in [6, 6.07) is 0. The van der Waals surface area contributed by atoms with Crippen molar-refractivity contribution < 1.29 is 9.90 Å². The van der Waals surface area contributed by atoms with E-state index < -0.39 is 0 Å². The Balaban J connectivity index is 1.61. The van der Waals surface area contributed by atoms with Crippen molar-refractivity contribution in [1.29, 1.82) is 0 Å². The average Bonchev–Trinajstić information content (AvgIpc) is 3.02. The van der Waals surface area contributed by atoms with E-state index in [0.717, 1.165) is 25.3 Å². The standard InChI is InChI=1S/C11H20N2O2/c14-10-3-5-13(6-4-10)11(15)8-12-7-9-1-2-9/h9-10,12,14H,1-8H2. The van der Waals surface area contributed by atoms with E-state index in [-0.39, 0.29) is 12.0 Å². The Morgan fingerprint density at radius 3 is 2.53 bits per heavy atom. The first-order valence-electron chi connectivity index (χ1n) is 5.92. The molecule has 0 aromatic heterocycles. The van der Waals surface area contributed by atoms with E-state index in [9.17, 15) is 9.90 Å². The van der Waals surface area contributed by atoms with Crippen LogP contribution in [0.4, 0.5) is 0 Å². The lowest BCUT2D eigenvalue weighted by Crippen LogP contribution is -2.44. The zero-order valence-corrected chi connectivity index (χ0v) is 9.11. The minimum absolute atomic E-state index is 0.183. The lowest BCUT2D eigenvalue weighted by molar-refractivity contribution is -0.132. The van der Waals surface area contributed by atoms with Crippen molar-refractivity contribution in [1.82, 2.24) is 10.2 Å². The van der Waals surface area contributed by atoms with Gasteiger partial charge in [-0.15, -0.1) is 0 Å². The normalized spacial score (nSPS) is 23.1. The fourth-order valence-electron chi connectivity index (χ4n) is 1.93. The van der Waals surface area contributed by atoms with Gasteiger partial charge in [0.1, 0.15) is 0 Å². The van der Waals surface area contributed by atoms with Crippen molar-refractivity contribution in [2.45, 2.75) is 31.8 Å². The van der Waals surface area contributed by atoms with Crippen LogP contribution in [0.5, 0.6) is 0 Å². The first-order valence-corrected chi connectivity index (χ1v) is 5.92. The summed E-state index contributed by atoms with van der Waals surface area (Å²) in [5, 5.41) is 12.5. The number of aliphatic hydroxyl groups excluding tert-OH is 1. The molecular formula is C11H20N2O2. The van der Waals surface area contributed by atoms with E-state index >= 15 is 0 Å². The van der Waals surface area contributed by atoms with Gasteiger partial charge in [0.15, 0.2) is 0 Å². The third kappa shape index (κ3) is 3.47. The summed E-state index contributed by atoms with van der Waals surface area (Å²) in [7, 11) is 0. The summed E-state index contributed by atoms with van der Waals surface area (Å²) >= 11 is 0. The van der Waals surface area contributed by atoms with E-state index in [1.165, 1.54) is 12.8 Å². The van der Waals surface area contributed by atoms with Crippen molar-refractivity contribution in [3.05, 3.63) is 0 Å². The third-order valence-electron chi connectivity index (χ3n) is 3.22. The maximum absolute atomic E-state index is 11.7. The highest BCUT2D eigenvalue weighted by Gasteiger charge is 2.23. The van der Waals surface area contributed by atoms with Gasteiger partial charge in [0, 0.05) is 13.1 Å². The predicted molar refractivity (Wildman–Crippen MR) is 57.4 cm³/mol. The van der Waals surface area contributed by atoms with Crippen LogP contribution in [0.3, 0.4) is 0 Å². The molecule has 0 spiro atoms. The molecular weight excluding hydrogens is 192 g/mol. The SMILES string of the molecule is O=C(CNCC1CC1)N1CCC(O)CC1. The number of aliphatic hydroxyl groups is 1. The van der Waals surface area contributed by atoms with Crippen molar-refractivity contribution in [3.8, 4) is 0 Å². The van der Waals surface area contributed by atoms with E-state index in [0.29, 0.717) is 19.6 Å². The van der Waals surface area contributed by atoms with E-state index in [1.807, 2.05) is 4.90 Å². The number of likely N-dealkylation sites (tertiary alicyclic amines) is 1. The predicted octanol–water partition coefficient (Wildman–Crippen LogP) is -0.0307. The van der Waals surface area contributed by atoms with E-state index in [2.05, 4.69) is 5.32 Å². The molecule has 15 heavy (non-hydrogen) atoms. The van der Waals surface area contributed by atoms with Gasteiger partial charge in [0.2, 0.25) is 5.91 Å². The Bertz CT molecular complexity index is 221. The van der Waals surface area contributed by atoms with Crippen LogP contribution in [0.1, 0.15) is 25.7 Å². The van der Waals surface area contributed by atoms with Crippen molar-refractivity contribution in [2.75, 3.05) is 26.2 Å². The van der Waals surface area contributed by atoms with Crippen LogP contribution in [0.25, 0.3) is 0 Å². The second-order valence-corrected chi connectivity index (χ2v) is 4.69. The number of hydrogen-bond donors (Lipinski definition) is 2. The molecule has 2 N–H and O–H groups in total. The Morgan fingerprint density at radius 2 is 1.93 bits per heavy atom. The van der Waals surface area contributed by atoms with Crippen LogP contribution in [-0.4, -0.2) is 48.2 Å². The Hall–Kier alpha value is -0.610. The lowest BCUT2D eigenvalue weighted by atomic mass is 10.1. The monoisotopic (exact) mass is 212 g/mol. The summed E-state index contributed by atoms with van der Waals surface area (Å²) in [5.74, 6) is 1.00. The van der Waals surface area contributed by atoms with Crippen LogP contribution in [0.15, 0.2) is 0 Å². The molecule has 0 unspecified atom stereocenters. The molecule has 1 saturated carbocycles. The zero-order valence-electron chi connectivity index (χ0n) is 9.11. The summed E-state index contributed by atoms with van der Waals surface area (Å²) in [6.45, 7) is 2.88. The number of nitrogens with one attached hydrogen (secondary N) is 1. The molecule has 0 aromatic rings. The molecule has 2 fully saturated rings. The molecule has 2 aliphatic rings. The van der Waals surface area contributed by atoms with E-state index in [4.69, 9.17) is 0 Å². The summed E-state index contributed by atoms with van der Waals surface area (Å²) in [4.78, 5) is 13.5. The van der Waals surface area contributed by atoms with Crippen LogP contribution in [-0.2, 0) is 4.79 Å². The number of amides is 1. The molecule has 4 nitrogen and oxygen atoms in total. The van der Waals surface area contributed by atoms with Gasteiger partial charge in [0.25, 0.3) is 0 Å². The van der Waals surface area contributed by atoms with Gasteiger partial charge in [-0.2, -0.15) is 0 Å². The molecule has 4 heteroatoms. The van der Waals surface area contributed by atoms with Crippen LogP contribution in [0.2, 0.25) is 0 Å². The van der Waals surface area contributed by atoms with Crippen LogP contribution in [0, 0.1) is 5.92 Å². The number of piperidine rings is 1. The number of nitrogens with zero attached hydrogens (tertiary/aromatic N) is 1. The average molecular weight is 212 g/mol. The van der Waals surface area contributed by atoms with Crippen LogP contribution >= 0.6 is 0 Å². The second-order valence-electron chi connectivity index (χ2n) is 4.69. The molecule has 1 amide bonds. The second kappa shape index (κ2) is 4.94. The first-order chi connectivity index (χ1) is 7.25. The number of rotatable bonds is 4. The molecule has 1 saturated heterocycles. The molecule has 1 heterocycles. The molecule has 0 radical (unpaired) electrons. The highest BCUT2D eigenvalue weighted by molar-refractivity contribution is 5.78. The van der Waals surface area contributed by atoms with Gasteiger partial charge in [-0.25, -0.2) is 0 Å². The summed E-state index contributed by atoms with van der Waals surface area (Å²) < 4.78 is 0. The molecule has 2 rings (SSSR count). The van der Waals surface area contributed by atoms with E-state index in [1.54, 1.807) is 0 Å². The van der Waals surface area contributed by atoms with Gasteiger partial charge in [-0.3, -0.25) is 4.79 Å².